The van der Waals surface area contributed by atoms with E-state index in [9.17, 15) is 4.79 Å². The summed E-state index contributed by atoms with van der Waals surface area (Å²) in [4.78, 5) is 14.9. The van der Waals surface area contributed by atoms with Crippen LogP contribution >= 0.6 is 39.3 Å². The van der Waals surface area contributed by atoms with Gasteiger partial charge in [-0.05, 0) is 30.2 Å². The molecule has 2 rings (SSSR count). The molecule has 1 amide bonds. The van der Waals surface area contributed by atoms with Crippen LogP contribution in [0.25, 0.3) is 0 Å². The zero-order valence-electron chi connectivity index (χ0n) is 9.94. The Balaban J connectivity index is 1.75. The smallest absolute Gasteiger partial charge is 0.222 e. The summed E-state index contributed by atoms with van der Waals surface area (Å²) >= 11 is 11.0. The van der Waals surface area contributed by atoms with Crippen molar-refractivity contribution in [1.82, 2.24) is 4.90 Å². The monoisotopic (exact) mass is 347 g/mol. The number of carbonyl (C=O) groups is 1. The maximum atomic E-state index is 11.7. The molecule has 0 radical (unpaired) electrons. The summed E-state index contributed by atoms with van der Waals surface area (Å²) in [6.45, 7) is 1.72. The SMILES string of the molecule is O=C1CC(CBr)CN1CCSc1ccc(Cl)cc1. The summed E-state index contributed by atoms with van der Waals surface area (Å²) in [6, 6.07) is 7.82. The van der Waals surface area contributed by atoms with Gasteiger partial charge in [0.25, 0.3) is 0 Å². The van der Waals surface area contributed by atoms with Gasteiger partial charge in [0, 0.05) is 40.5 Å². The van der Waals surface area contributed by atoms with Crippen LogP contribution in [-0.2, 0) is 4.79 Å². The van der Waals surface area contributed by atoms with Crippen molar-refractivity contribution in [1.29, 1.82) is 0 Å². The molecular formula is C13H15BrClNOS. The van der Waals surface area contributed by atoms with E-state index in [1.165, 1.54) is 4.90 Å². The van der Waals surface area contributed by atoms with Gasteiger partial charge in [0.15, 0.2) is 0 Å². The number of carbonyl (C=O) groups excluding carboxylic acids is 1. The molecule has 0 spiro atoms. The average molecular weight is 349 g/mol. The molecule has 0 saturated carbocycles. The van der Waals surface area contributed by atoms with Gasteiger partial charge in [-0.3, -0.25) is 4.79 Å². The molecule has 0 aromatic heterocycles. The zero-order valence-corrected chi connectivity index (χ0v) is 13.1. The van der Waals surface area contributed by atoms with Crippen molar-refractivity contribution >= 4 is 45.2 Å². The van der Waals surface area contributed by atoms with Crippen LogP contribution in [0, 0.1) is 5.92 Å². The van der Waals surface area contributed by atoms with Gasteiger partial charge in [-0.1, -0.05) is 27.5 Å². The molecule has 1 saturated heterocycles. The normalized spacial score (nSPS) is 19.6. The first-order valence-corrected chi connectivity index (χ1v) is 8.39. The molecule has 0 bridgehead atoms. The Labute approximate surface area is 125 Å². The van der Waals surface area contributed by atoms with Crippen molar-refractivity contribution in [3.63, 3.8) is 0 Å². The Morgan fingerprint density at radius 2 is 2.11 bits per heavy atom. The minimum absolute atomic E-state index is 0.288. The molecule has 98 valence electrons. The Kier molecular flexibility index (Phi) is 5.39. The summed E-state index contributed by atoms with van der Waals surface area (Å²) in [5.74, 6) is 1.71. The van der Waals surface area contributed by atoms with Crippen molar-refractivity contribution < 1.29 is 4.79 Å². The number of rotatable bonds is 5. The van der Waals surface area contributed by atoms with Crippen LogP contribution in [0.1, 0.15) is 6.42 Å². The second-order valence-electron chi connectivity index (χ2n) is 4.37. The van der Waals surface area contributed by atoms with E-state index in [0.717, 1.165) is 29.2 Å². The number of benzene rings is 1. The number of hydrogen-bond acceptors (Lipinski definition) is 2. The first kappa shape index (κ1) is 14.2. The highest BCUT2D eigenvalue weighted by molar-refractivity contribution is 9.09. The number of likely N-dealkylation sites (tertiary alicyclic amines) is 1. The lowest BCUT2D eigenvalue weighted by Crippen LogP contribution is -2.27. The highest BCUT2D eigenvalue weighted by Crippen LogP contribution is 2.23. The van der Waals surface area contributed by atoms with Crippen LogP contribution in [0.3, 0.4) is 0 Å². The van der Waals surface area contributed by atoms with Gasteiger partial charge in [0.05, 0.1) is 0 Å². The van der Waals surface area contributed by atoms with Gasteiger partial charge < -0.3 is 4.90 Å². The van der Waals surface area contributed by atoms with Gasteiger partial charge in [0.1, 0.15) is 0 Å². The molecule has 1 unspecified atom stereocenters. The maximum absolute atomic E-state index is 11.7. The molecule has 1 aliphatic rings. The first-order valence-electron chi connectivity index (χ1n) is 5.91. The van der Waals surface area contributed by atoms with Crippen molar-refractivity contribution in [3.8, 4) is 0 Å². The predicted molar refractivity (Wildman–Crippen MR) is 80.7 cm³/mol. The summed E-state index contributed by atoms with van der Waals surface area (Å²) in [6.07, 6.45) is 0.691. The second-order valence-corrected chi connectivity index (χ2v) is 6.62. The van der Waals surface area contributed by atoms with Crippen LogP contribution in [-0.4, -0.2) is 35.0 Å². The van der Waals surface area contributed by atoms with E-state index >= 15 is 0 Å². The van der Waals surface area contributed by atoms with E-state index in [-0.39, 0.29) is 5.91 Å². The molecule has 1 heterocycles. The van der Waals surface area contributed by atoms with E-state index in [0.29, 0.717) is 12.3 Å². The molecule has 1 aliphatic heterocycles. The van der Waals surface area contributed by atoms with E-state index < -0.39 is 0 Å². The highest BCUT2D eigenvalue weighted by atomic mass is 79.9. The molecule has 2 nitrogen and oxygen atoms in total. The topological polar surface area (TPSA) is 20.3 Å². The van der Waals surface area contributed by atoms with E-state index in [2.05, 4.69) is 15.9 Å². The fourth-order valence-corrected chi connectivity index (χ4v) is 3.41. The van der Waals surface area contributed by atoms with Crippen LogP contribution in [0.4, 0.5) is 0 Å². The van der Waals surface area contributed by atoms with Crippen LogP contribution in [0.15, 0.2) is 29.2 Å². The number of hydrogen-bond donors (Lipinski definition) is 0. The zero-order chi connectivity index (χ0) is 13.0. The standard InChI is InChI=1S/C13H15BrClNOS/c14-8-10-7-13(17)16(9-10)5-6-18-12-3-1-11(15)2-4-12/h1-4,10H,5-9H2. The lowest BCUT2D eigenvalue weighted by Gasteiger charge is -2.15. The number of nitrogens with zero attached hydrogens (tertiary/aromatic N) is 1. The van der Waals surface area contributed by atoms with Crippen LogP contribution in [0.2, 0.25) is 5.02 Å². The van der Waals surface area contributed by atoms with E-state index in [1.807, 2.05) is 29.2 Å². The Morgan fingerprint density at radius 1 is 1.39 bits per heavy atom. The number of alkyl halides is 1. The van der Waals surface area contributed by atoms with Gasteiger partial charge in [-0.2, -0.15) is 0 Å². The third kappa shape index (κ3) is 3.90. The fourth-order valence-electron chi connectivity index (χ4n) is 1.98. The lowest BCUT2D eigenvalue weighted by atomic mass is 10.2. The third-order valence-corrected chi connectivity index (χ3v) is 5.12. The van der Waals surface area contributed by atoms with Crippen molar-refractivity contribution in [2.45, 2.75) is 11.3 Å². The molecule has 1 atom stereocenters. The predicted octanol–water partition coefficient (Wildman–Crippen LogP) is 3.68. The van der Waals surface area contributed by atoms with Gasteiger partial charge in [-0.25, -0.2) is 0 Å². The van der Waals surface area contributed by atoms with Crippen LogP contribution < -0.4 is 0 Å². The average Bonchev–Trinajstić information content (AvgIpc) is 2.73. The van der Waals surface area contributed by atoms with E-state index in [1.54, 1.807) is 11.8 Å². The minimum Gasteiger partial charge on any atom is -0.342 e. The molecule has 5 heteroatoms. The molecule has 1 aromatic carbocycles. The summed E-state index contributed by atoms with van der Waals surface area (Å²) in [7, 11) is 0. The first-order chi connectivity index (χ1) is 8.69. The fraction of sp³-hybridized carbons (Fsp3) is 0.462. The summed E-state index contributed by atoms with van der Waals surface area (Å²) in [5.41, 5.74) is 0. The highest BCUT2D eigenvalue weighted by Gasteiger charge is 2.27. The molecular weight excluding hydrogens is 334 g/mol. The van der Waals surface area contributed by atoms with Gasteiger partial charge >= 0.3 is 0 Å². The lowest BCUT2D eigenvalue weighted by molar-refractivity contribution is -0.127. The molecule has 1 aromatic rings. The molecule has 1 fully saturated rings. The van der Waals surface area contributed by atoms with Crippen molar-refractivity contribution in [2.24, 2.45) is 5.92 Å². The molecule has 0 N–H and O–H groups in total. The maximum Gasteiger partial charge on any atom is 0.222 e. The van der Waals surface area contributed by atoms with Crippen molar-refractivity contribution in [3.05, 3.63) is 29.3 Å². The third-order valence-electron chi connectivity index (χ3n) is 2.96. The Hall–Kier alpha value is -0.190. The molecule has 18 heavy (non-hydrogen) atoms. The summed E-state index contributed by atoms with van der Waals surface area (Å²) < 4.78 is 0. The second kappa shape index (κ2) is 6.83. The number of thioether (sulfide) groups is 1. The van der Waals surface area contributed by atoms with Gasteiger partial charge in [-0.15, -0.1) is 11.8 Å². The summed E-state index contributed by atoms with van der Waals surface area (Å²) in [5, 5.41) is 1.67. The van der Waals surface area contributed by atoms with Gasteiger partial charge in [0.2, 0.25) is 5.91 Å². The number of halogens is 2. The van der Waals surface area contributed by atoms with Crippen LogP contribution in [0.5, 0.6) is 0 Å². The number of amides is 1. The van der Waals surface area contributed by atoms with E-state index in [4.69, 9.17) is 11.6 Å². The largest absolute Gasteiger partial charge is 0.342 e. The quantitative estimate of drug-likeness (QED) is 0.597. The van der Waals surface area contributed by atoms with Crippen molar-refractivity contribution in [2.75, 3.05) is 24.2 Å². The molecule has 0 aliphatic carbocycles. The Bertz CT molecular complexity index is 412. The minimum atomic E-state index is 0.288. The Morgan fingerprint density at radius 3 is 2.72 bits per heavy atom.